The number of hydrogen-bond donors (Lipinski definition) is 4. The van der Waals surface area contributed by atoms with Crippen LogP contribution < -0.4 is 0 Å². The molecule has 0 bridgehead atoms. The van der Waals surface area contributed by atoms with Gasteiger partial charge < -0.3 is 20.1 Å². The largest absolute Gasteiger partial charge is 0.391 e. The number of rotatable bonds is 6. The normalized spacial score (nSPS) is 28.1. The summed E-state index contributed by atoms with van der Waals surface area (Å²) in [6.07, 6.45) is -0.283. The van der Waals surface area contributed by atoms with E-state index in [4.69, 9.17) is 27.9 Å². The van der Waals surface area contributed by atoms with Crippen LogP contribution in [0, 0.1) is 0 Å². The zero-order valence-corrected chi connectivity index (χ0v) is 18.1. The number of H-pyrrole nitrogens is 1. The summed E-state index contributed by atoms with van der Waals surface area (Å²) in [4.78, 5) is 12.7. The van der Waals surface area contributed by atoms with Crippen molar-refractivity contribution >= 4 is 40.7 Å². The average molecular weight is 463 g/mol. The van der Waals surface area contributed by atoms with E-state index in [-0.39, 0.29) is 18.8 Å². The van der Waals surface area contributed by atoms with Crippen LogP contribution in [-0.4, -0.2) is 61.2 Å². The van der Waals surface area contributed by atoms with Crippen molar-refractivity contribution in [3.8, 4) is 0 Å². The third kappa shape index (κ3) is 5.38. The third-order valence-electron chi connectivity index (χ3n) is 4.75. The molecule has 0 saturated carbocycles. The molecule has 0 amide bonds. The quantitative estimate of drug-likeness (QED) is 0.490. The number of carbonyl (C=O) groups excluding carboxylic acids is 1. The van der Waals surface area contributed by atoms with E-state index < -0.39 is 29.8 Å². The number of nitrogens with zero attached hydrogens (tertiary/aromatic N) is 1. The number of thioether (sulfide) groups is 1. The molecule has 3 unspecified atom stereocenters. The lowest BCUT2D eigenvalue weighted by molar-refractivity contribution is -0.104. The smallest absolute Gasteiger partial charge is 0.182 e. The van der Waals surface area contributed by atoms with E-state index in [9.17, 15) is 20.1 Å². The Labute approximate surface area is 182 Å². The van der Waals surface area contributed by atoms with Crippen molar-refractivity contribution in [1.29, 1.82) is 0 Å². The SMILES string of the molecule is CCCC(=O)c1cn(C2C(O)[C@@H](Sc3ccc(Cl)c(Cl)c3)OCC(O)C[C@@H]2O)[nH]1. The van der Waals surface area contributed by atoms with Crippen molar-refractivity contribution in [3.63, 3.8) is 0 Å². The number of nitrogens with one attached hydrogen (secondary N) is 1. The molecule has 160 valence electrons. The average Bonchev–Trinajstić information content (AvgIpc) is 2.62. The minimum atomic E-state index is -1.12. The van der Waals surface area contributed by atoms with Gasteiger partial charge in [-0.1, -0.05) is 41.9 Å². The van der Waals surface area contributed by atoms with Crippen molar-refractivity contribution in [2.75, 3.05) is 6.61 Å². The molecule has 2 heterocycles. The Kier molecular flexibility index (Phi) is 7.72. The molecule has 10 heteroatoms. The number of carbonyl (C=O) groups is 1. The molecule has 2 aromatic rings. The van der Waals surface area contributed by atoms with Crippen LogP contribution in [0.5, 0.6) is 0 Å². The third-order valence-corrected chi connectivity index (χ3v) is 6.66. The predicted molar refractivity (Wildman–Crippen MR) is 112 cm³/mol. The second kappa shape index (κ2) is 9.87. The zero-order valence-electron chi connectivity index (χ0n) is 15.8. The molecular formula is C19H24Cl2N2O5S. The van der Waals surface area contributed by atoms with Gasteiger partial charge in [-0.2, -0.15) is 0 Å². The molecule has 1 aromatic carbocycles. The number of hydrogen-bond acceptors (Lipinski definition) is 6. The molecule has 1 aromatic heterocycles. The van der Waals surface area contributed by atoms with E-state index in [0.29, 0.717) is 22.2 Å². The molecule has 1 fully saturated rings. The number of aliphatic hydroxyl groups excluding tert-OH is 3. The monoisotopic (exact) mass is 462 g/mol. The minimum Gasteiger partial charge on any atom is -0.391 e. The predicted octanol–water partition coefficient (Wildman–Crippen LogP) is 3.27. The standard InChI is InChI=1S/C19H24Cl2N2O5S/c1-2-3-15(25)14-8-23(22-14)17-16(26)6-10(24)9-28-19(18(17)27)29-11-4-5-12(20)13(21)7-11/h4-5,7-8,10,16-19,22,24,26-27H,2-3,6,9H2,1H3/t10?,16-,17?,18?,19+/m0/s1. The van der Waals surface area contributed by atoms with Crippen molar-refractivity contribution in [3.05, 3.63) is 40.1 Å². The summed E-state index contributed by atoms with van der Waals surface area (Å²) in [6.45, 7) is 1.89. The number of ketones is 1. The summed E-state index contributed by atoms with van der Waals surface area (Å²) >= 11 is 13.2. The molecule has 0 radical (unpaired) electrons. The zero-order chi connectivity index (χ0) is 21.1. The highest BCUT2D eigenvalue weighted by Crippen LogP contribution is 2.37. The lowest BCUT2D eigenvalue weighted by Crippen LogP contribution is -2.47. The fraction of sp³-hybridized carbons (Fsp3) is 0.526. The number of benzene rings is 1. The van der Waals surface area contributed by atoms with Gasteiger partial charge in [-0.05, 0) is 24.6 Å². The van der Waals surface area contributed by atoms with Crippen LogP contribution in [0.4, 0.5) is 0 Å². The van der Waals surface area contributed by atoms with Gasteiger partial charge in [-0.15, -0.1) is 0 Å². The Hall–Kier alpha value is -1.00. The minimum absolute atomic E-state index is 0.0245. The van der Waals surface area contributed by atoms with Gasteiger partial charge in [0.25, 0.3) is 0 Å². The number of aliphatic hydroxyl groups is 3. The van der Waals surface area contributed by atoms with Crippen LogP contribution in [0.1, 0.15) is 42.7 Å². The van der Waals surface area contributed by atoms with Crippen molar-refractivity contribution in [2.45, 2.75) is 60.9 Å². The Balaban J connectivity index is 1.82. The highest BCUT2D eigenvalue weighted by atomic mass is 35.5. The topological polar surface area (TPSA) is 108 Å². The number of aromatic amines is 1. The molecule has 5 atom stereocenters. The summed E-state index contributed by atoms with van der Waals surface area (Å²) in [5.74, 6) is -0.0309. The van der Waals surface area contributed by atoms with Crippen molar-refractivity contribution in [2.24, 2.45) is 0 Å². The maximum Gasteiger partial charge on any atom is 0.182 e. The fourth-order valence-electron chi connectivity index (χ4n) is 3.25. The Morgan fingerprint density at radius 3 is 2.69 bits per heavy atom. The van der Waals surface area contributed by atoms with Gasteiger partial charge in [0.05, 0.1) is 35.1 Å². The molecule has 29 heavy (non-hydrogen) atoms. The number of Topliss-reactive ketones (excluding diaryl/α,β-unsaturated/α-hetero) is 1. The molecular weight excluding hydrogens is 439 g/mol. The van der Waals surface area contributed by atoms with Gasteiger partial charge in [-0.3, -0.25) is 14.6 Å². The Morgan fingerprint density at radius 1 is 1.31 bits per heavy atom. The van der Waals surface area contributed by atoms with E-state index in [1.165, 1.54) is 16.4 Å². The van der Waals surface area contributed by atoms with Crippen LogP contribution in [0.3, 0.4) is 0 Å². The van der Waals surface area contributed by atoms with Crippen LogP contribution >= 0.6 is 35.0 Å². The van der Waals surface area contributed by atoms with E-state index in [0.717, 1.165) is 11.3 Å². The molecule has 1 aliphatic heterocycles. The molecule has 0 aliphatic carbocycles. The van der Waals surface area contributed by atoms with Gasteiger partial charge in [0.2, 0.25) is 0 Å². The lowest BCUT2D eigenvalue weighted by Gasteiger charge is -2.38. The summed E-state index contributed by atoms with van der Waals surface area (Å²) in [5, 5.41) is 35.4. The number of halogens is 2. The molecule has 1 aliphatic rings. The molecule has 0 spiro atoms. The highest BCUT2D eigenvalue weighted by Gasteiger charge is 2.40. The Morgan fingerprint density at radius 2 is 2.03 bits per heavy atom. The van der Waals surface area contributed by atoms with Gasteiger partial charge in [0.1, 0.15) is 23.3 Å². The van der Waals surface area contributed by atoms with Crippen LogP contribution in [-0.2, 0) is 4.74 Å². The van der Waals surface area contributed by atoms with Gasteiger partial charge in [0.15, 0.2) is 5.78 Å². The lowest BCUT2D eigenvalue weighted by atomic mass is 9.98. The maximum absolute atomic E-state index is 12.0. The maximum atomic E-state index is 12.0. The fourth-order valence-corrected chi connectivity index (χ4v) is 4.66. The second-order valence-corrected chi connectivity index (χ2v) is 9.05. The number of aromatic nitrogens is 2. The summed E-state index contributed by atoms with van der Waals surface area (Å²) in [7, 11) is 0. The second-order valence-electron chi connectivity index (χ2n) is 7.07. The van der Waals surface area contributed by atoms with Gasteiger partial charge in [0, 0.05) is 17.7 Å². The molecule has 3 rings (SSSR count). The van der Waals surface area contributed by atoms with Gasteiger partial charge in [-0.25, -0.2) is 0 Å². The first-order valence-corrected chi connectivity index (χ1v) is 11.0. The van der Waals surface area contributed by atoms with Gasteiger partial charge >= 0.3 is 0 Å². The summed E-state index contributed by atoms with van der Waals surface area (Å²) in [5.41, 5.74) is -0.351. The summed E-state index contributed by atoms with van der Waals surface area (Å²) in [6, 6.07) is 4.24. The molecule has 4 N–H and O–H groups in total. The summed E-state index contributed by atoms with van der Waals surface area (Å²) < 4.78 is 7.23. The van der Waals surface area contributed by atoms with E-state index in [1.807, 2.05) is 6.92 Å². The van der Waals surface area contributed by atoms with E-state index >= 15 is 0 Å². The first-order valence-electron chi connectivity index (χ1n) is 9.37. The first-order chi connectivity index (χ1) is 13.8. The van der Waals surface area contributed by atoms with E-state index in [1.54, 1.807) is 24.4 Å². The number of ether oxygens (including phenoxy) is 1. The molecule has 1 saturated heterocycles. The molecule has 7 nitrogen and oxygen atoms in total. The van der Waals surface area contributed by atoms with Crippen molar-refractivity contribution < 1.29 is 24.9 Å². The van der Waals surface area contributed by atoms with Crippen LogP contribution in [0.2, 0.25) is 10.0 Å². The van der Waals surface area contributed by atoms with Crippen LogP contribution in [0.25, 0.3) is 0 Å². The van der Waals surface area contributed by atoms with E-state index in [2.05, 4.69) is 5.10 Å². The van der Waals surface area contributed by atoms with Crippen molar-refractivity contribution in [1.82, 2.24) is 9.78 Å². The first kappa shape index (κ1) is 22.7. The Bertz CT molecular complexity index is 830. The van der Waals surface area contributed by atoms with Crippen LogP contribution in [0.15, 0.2) is 29.3 Å². The highest BCUT2D eigenvalue weighted by molar-refractivity contribution is 7.99.